The first-order chi connectivity index (χ1) is 13.6. The quantitative estimate of drug-likeness (QED) is 0.450. The van der Waals surface area contributed by atoms with Gasteiger partial charge in [0.05, 0.1) is 19.0 Å². The molecule has 2 N–H and O–H groups in total. The number of hydrogen-bond acceptors (Lipinski definition) is 6. The predicted octanol–water partition coefficient (Wildman–Crippen LogP) is 5.14. The number of nitrogens with one attached hydrogen (secondary N) is 1. The van der Waals surface area contributed by atoms with E-state index in [0.717, 1.165) is 23.7 Å². The summed E-state index contributed by atoms with van der Waals surface area (Å²) in [5.41, 5.74) is 6.31. The third kappa shape index (κ3) is 3.60. The van der Waals surface area contributed by atoms with Crippen molar-refractivity contribution in [3.05, 3.63) is 70.7 Å². The minimum absolute atomic E-state index is 0.0741. The van der Waals surface area contributed by atoms with Crippen molar-refractivity contribution in [2.45, 2.75) is 31.1 Å². The van der Waals surface area contributed by atoms with Gasteiger partial charge in [-0.2, -0.15) is 5.10 Å². The van der Waals surface area contributed by atoms with Crippen molar-refractivity contribution in [1.82, 2.24) is 4.98 Å². The second-order valence-corrected chi connectivity index (χ2v) is 8.24. The van der Waals surface area contributed by atoms with Gasteiger partial charge in [0.15, 0.2) is 11.5 Å². The summed E-state index contributed by atoms with van der Waals surface area (Å²) in [6, 6.07) is 16.0. The number of phenols is 1. The van der Waals surface area contributed by atoms with E-state index in [1.165, 1.54) is 12.7 Å². The van der Waals surface area contributed by atoms with Crippen LogP contribution in [0.5, 0.6) is 11.5 Å². The van der Waals surface area contributed by atoms with Gasteiger partial charge < -0.3 is 9.84 Å². The summed E-state index contributed by atoms with van der Waals surface area (Å²) in [5, 5.41) is 17.1. The fourth-order valence-corrected chi connectivity index (χ4v) is 4.54. The molecule has 5 nitrogen and oxygen atoms in total. The fourth-order valence-electron chi connectivity index (χ4n) is 3.80. The van der Waals surface area contributed by atoms with E-state index in [4.69, 9.17) is 4.74 Å². The van der Waals surface area contributed by atoms with Gasteiger partial charge in [0.25, 0.3) is 0 Å². The van der Waals surface area contributed by atoms with Crippen molar-refractivity contribution in [3.63, 3.8) is 0 Å². The van der Waals surface area contributed by atoms with E-state index in [1.807, 2.05) is 6.07 Å². The number of phenolic OH excluding ortho intramolecular Hbond substituents is 1. The minimum Gasteiger partial charge on any atom is -0.504 e. The average Bonchev–Trinajstić information content (AvgIpc) is 3.16. The third-order valence-corrected chi connectivity index (χ3v) is 6.18. The molecule has 1 aliphatic carbocycles. The molecule has 0 bridgehead atoms. The van der Waals surface area contributed by atoms with Crippen molar-refractivity contribution >= 4 is 22.7 Å². The zero-order chi connectivity index (χ0) is 19.6. The van der Waals surface area contributed by atoms with Crippen LogP contribution in [0.25, 0.3) is 0 Å². The molecule has 1 saturated carbocycles. The zero-order valence-electron chi connectivity index (χ0n) is 15.9. The van der Waals surface area contributed by atoms with E-state index in [9.17, 15) is 5.11 Å². The van der Waals surface area contributed by atoms with Crippen LogP contribution < -0.4 is 10.2 Å². The maximum Gasteiger partial charge on any atom is 0.203 e. The largest absolute Gasteiger partial charge is 0.504 e. The van der Waals surface area contributed by atoms with Crippen LogP contribution in [0.15, 0.2) is 59.0 Å². The lowest BCUT2D eigenvalue weighted by molar-refractivity contribution is 0.222. The summed E-state index contributed by atoms with van der Waals surface area (Å²) >= 11 is 1.55. The molecule has 0 saturated heterocycles. The molecule has 0 radical (unpaired) electrons. The van der Waals surface area contributed by atoms with Crippen molar-refractivity contribution in [2.24, 2.45) is 5.10 Å². The molecule has 1 aromatic heterocycles. The number of nitrogens with zero attached hydrogens (tertiary/aromatic N) is 2. The SMILES string of the molecule is COc1cccc(C=NNc2nc(C3CC(C)(c4ccccc4)C3)cs2)c1O. The van der Waals surface area contributed by atoms with Crippen LogP contribution in [0.4, 0.5) is 5.13 Å². The van der Waals surface area contributed by atoms with E-state index in [1.54, 1.807) is 29.7 Å². The van der Waals surface area contributed by atoms with Gasteiger partial charge in [-0.25, -0.2) is 4.98 Å². The summed E-state index contributed by atoms with van der Waals surface area (Å²) < 4.78 is 5.11. The molecule has 1 heterocycles. The second-order valence-electron chi connectivity index (χ2n) is 7.38. The summed E-state index contributed by atoms with van der Waals surface area (Å²) in [5.74, 6) is 0.986. The van der Waals surface area contributed by atoms with Crippen LogP contribution in [0.2, 0.25) is 0 Å². The lowest BCUT2D eigenvalue weighted by atomic mass is 9.59. The summed E-state index contributed by atoms with van der Waals surface area (Å²) in [4.78, 5) is 4.69. The number of benzene rings is 2. The molecule has 0 unspecified atom stereocenters. The highest BCUT2D eigenvalue weighted by Crippen LogP contribution is 2.52. The molecule has 6 heteroatoms. The van der Waals surface area contributed by atoms with Gasteiger partial charge in [0.1, 0.15) is 0 Å². The normalized spacial score (nSPS) is 21.4. The maximum atomic E-state index is 10.1. The molecule has 0 atom stereocenters. The third-order valence-electron chi connectivity index (χ3n) is 5.42. The molecule has 3 aromatic rings. The second kappa shape index (κ2) is 7.64. The van der Waals surface area contributed by atoms with Gasteiger partial charge in [-0.1, -0.05) is 43.3 Å². The van der Waals surface area contributed by atoms with E-state index < -0.39 is 0 Å². The summed E-state index contributed by atoms with van der Waals surface area (Å²) in [6.07, 6.45) is 3.79. The lowest BCUT2D eigenvalue weighted by Gasteiger charge is -2.45. The first-order valence-electron chi connectivity index (χ1n) is 9.25. The topological polar surface area (TPSA) is 66.7 Å². The van der Waals surface area contributed by atoms with Crippen LogP contribution in [-0.2, 0) is 5.41 Å². The van der Waals surface area contributed by atoms with E-state index in [-0.39, 0.29) is 11.2 Å². The number of hydrogen-bond donors (Lipinski definition) is 2. The smallest absolute Gasteiger partial charge is 0.203 e. The Morgan fingerprint density at radius 2 is 2.00 bits per heavy atom. The molecule has 1 aliphatic rings. The molecule has 28 heavy (non-hydrogen) atoms. The summed E-state index contributed by atoms with van der Waals surface area (Å²) in [6.45, 7) is 2.33. The first kappa shape index (κ1) is 18.5. The number of methoxy groups -OCH3 is 1. The van der Waals surface area contributed by atoms with Crippen LogP contribution >= 0.6 is 11.3 Å². The molecule has 1 fully saturated rings. The Labute approximate surface area is 168 Å². The first-order valence-corrected chi connectivity index (χ1v) is 10.1. The predicted molar refractivity (Wildman–Crippen MR) is 114 cm³/mol. The van der Waals surface area contributed by atoms with Gasteiger partial charge >= 0.3 is 0 Å². The van der Waals surface area contributed by atoms with E-state index >= 15 is 0 Å². The van der Waals surface area contributed by atoms with Crippen LogP contribution in [0.3, 0.4) is 0 Å². The molecule has 0 spiro atoms. The molecule has 0 aliphatic heterocycles. The highest BCUT2D eigenvalue weighted by atomic mass is 32.1. The Morgan fingerprint density at radius 3 is 2.75 bits per heavy atom. The Bertz CT molecular complexity index is 978. The Kier molecular flexibility index (Phi) is 5.05. The number of rotatable bonds is 6. The fraction of sp³-hybridized carbons (Fsp3) is 0.273. The maximum absolute atomic E-state index is 10.1. The Morgan fingerprint density at radius 1 is 1.21 bits per heavy atom. The standard InChI is InChI=1S/C22H23N3O2S/c1-22(17-8-4-3-5-9-17)11-16(12-22)18-14-28-21(24-18)25-23-13-15-7-6-10-19(27-2)20(15)26/h3-10,13-14,16,26H,11-12H2,1-2H3,(H,24,25). The van der Waals surface area contributed by atoms with E-state index in [2.05, 4.69) is 58.1 Å². The average molecular weight is 394 g/mol. The molecule has 144 valence electrons. The van der Waals surface area contributed by atoms with Crippen molar-refractivity contribution in [1.29, 1.82) is 0 Å². The lowest BCUT2D eigenvalue weighted by Crippen LogP contribution is -2.37. The molecule has 4 rings (SSSR count). The van der Waals surface area contributed by atoms with Crippen molar-refractivity contribution < 1.29 is 9.84 Å². The number of thiazole rings is 1. The number of anilines is 1. The number of hydrazone groups is 1. The van der Waals surface area contributed by atoms with Gasteiger partial charge in [0, 0.05) is 16.9 Å². The Balaban J connectivity index is 1.37. The number of para-hydroxylation sites is 1. The molecule has 0 amide bonds. The minimum atomic E-state index is 0.0741. The highest BCUT2D eigenvalue weighted by Gasteiger charge is 2.42. The van der Waals surface area contributed by atoms with Gasteiger partial charge in [0.2, 0.25) is 5.13 Å². The van der Waals surface area contributed by atoms with Crippen LogP contribution in [-0.4, -0.2) is 23.4 Å². The van der Waals surface area contributed by atoms with Crippen LogP contribution in [0.1, 0.15) is 42.5 Å². The monoisotopic (exact) mass is 393 g/mol. The van der Waals surface area contributed by atoms with Crippen LogP contribution in [0, 0.1) is 0 Å². The van der Waals surface area contributed by atoms with Crippen molar-refractivity contribution in [2.75, 3.05) is 12.5 Å². The molecular formula is C22H23N3O2S. The van der Waals surface area contributed by atoms with E-state index in [0.29, 0.717) is 17.2 Å². The summed E-state index contributed by atoms with van der Waals surface area (Å²) in [7, 11) is 1.52. The highest BCUT2D eigenvalue weighted by molar-refractivity contribution is 7.13. The van der Waals surface area contributed by atoms with Gasteiger partial charge in [-0.15, -0.1) is 11.3 Å². The number of ether oxygens (including phenoxy) is 1. The van der Waals surface area contributed by atoms with Crippen molar-refractivity contribution in [3.8, 4) is 11.5 Å². The molecule has 2 aromatic carbocycles. The Hall–Kier alpha value is -2.86. The number of aromatic hydroxyl groups is 1. The zero-order valence-corrected chi connectivity index (χ0v) is 16.7. The number of aromatic nitrogens is 1. The molecular weight excluding hydrogens is 370 g/mol. The van der Waals surface area contributed by atoms with Gasteiger partial charge in [-0.05, 0) is 36.0 Å². The van der Waals surface area contributed by atoms with Gasteiger partial charge in [-0.3, -0.25) is 5.43 Å².